The molecule has 0 spiro atoms. The van der Waals surface area contributed by atoms with Gasteiger partial charge in [-0.3, -0.25) is 9.13 Å². The molecule has 10 aromatic rings. The Morgan fingerprint density at radius 1 is 0.398 bits per heavy atom. The molecule has 0 radical (unpaired) electrons. The molecule has 0 aliphatic carbocycles. The lowest BCUT2D eigenvalue weighted by Crippen LogP contribution is -2.34. The minimum atomic E-state index is -0.122. The van der Waals surface area contributed by atoms with Gasteiger partial charge in [-0.2, -0.15) is 4.68 Å². The largest absolute Gasteiger partial charge is 0.458 e. The van der Waals surface area contributed by atoms with Gasteiger partial charge in [-0.25, -0.2) is 4.98 Å². The lowest BCUT2D eigenvalue weighted by atomic mass is 9.77. The van der Waals surface area contributed by atoms with E-state index in [1.165, 1.54) is 38.9 Å². The number of nitrogens with zero attached hydrogens (tertiary/aromatic N) is 5. The van der Waals surface area contributed by atoms with Gasteiger partial charge >= 0.3 is 0 Å². The van der Waals surface area contributed by atoms with Crippen molar-refractivity contribution < 1.29 is 9.42 Å². The molecule has 3 heterocycles. The molecule has 83 heavy (non-hydrogen) atoms. The molecule has 10 rings (SSSR count). The predicted octanol–water partition coefficient (Wildman–Crippen LogP) is 20.3. The molecule has 428 valence electrons. The maximum atomic E-state index is 7.03. The van der Waals surface area contributed by atoms with E-state index < -0.39 is 0 Å². The SMILES string of the molecule is CC(C)(C)c1cc(-c2cccc(-c3cc(C(C)(C)C)cc(C(C)(C)C)c3)c2-c2n[n+](-c3cc(C(C)(C)C)cc(C(C)(C)C)c3)[c-]n2-c2cccc(Oc3ccc4c5ccccc5n(-c5cc(C(C)(C)C)ccn5)c4c3)c2)cc(C(C)(C)C)c1. The third kappa shape index (κ3) is 12.0. The quantitative estimate of drug-likeness (QED) is 0.113. The molecule has 0 N–H and O–H groups in total. The first-order valence-electron chi connectivity index (χ1n) is 29.9. The molecule has 0 unspecified atom stereocenters. The highest BCUT2D eigenvalue weighted by Gasteiger charge is 2.30. The molecule has 6 nitrogen and oxygen atoms in total. The van der Waals surface area contributed by atoms with E-state index >= 15 is 0 Å². The zero-order valence-electron chi connectivity index (χ0n) is 53.7. The van der Waals surface area contributed by atoms with E-state index in [4.69, 9.17) is 14.8 Å². The lowest BCUT2D eigenvalue weighted by molar-refractivity contribution is -0.660. The summed E-state index contributed by atoms with van der Waals surface area (Å²) in [6, 6.07) is 56.1. The Bertz CT molecular complexity index is 3900. The highest BCUT2D eigenvalue weighted by atomic mass is 16.5. The van der Waals surface area contributed by atoms with Gasteiger partial charge in [0.05, 0.1) is 22.4 Å². The summed E-state index contributed by atoms with van der Waals surface area (Å²) < 4.78 is 13.5. The van der Waals surface area contributed by atoms with Crippen molar-refractivity contribution >= 4 is 21.8 Å². The second-order valence-corrected chi connectivity index (χ2v) is 30.5. The van der Waals surface area contributed by atoms with Gasteiger partial charge in [-0.05, 0) is 142 Å². The van der Waals surface area contributed by atoms with Gasteiger partial charge < -0.3 is 4.74 Å². The predicted molar refractivity (Wildman–Crippen MR) is 350 cm³/mol. The summed E-state index contributed by atoms with van der Waals surface area (Å²) in [5.74, 6) is 3.05. The van der Waals surface area contributed by atoms with Crippen LogP contribution in [0.15, 0.2) is 158 Å². The average Bonchev–Trinajstić information content (AvgIpc) is 2.48. The Morgan fingerprint density at radius 3 is 1.36 bits per heavy atom. The van der Waals surface area contributed by atoms with Crippen LogP contribution < -0.4 is 9.42 Å². The summed E-state index contributed by atoms with van der Waals surface area (Å²) in [7, 11) is 0. The Morgan fingerprint density at radius 2 is 0.855 bits per heavy atom. The van der Waals surface area contributed by atoms with Crippen LogP contribution in [0.4, 0.5) is 0 Å². The minimum Gasteiger partial charge on any atom is -0.458 e. The smallest absolute Gasteiger partial charge is 0.273 e. The maximum absolute atomic E-state index is 7.03. The Kier molecular flexibility index (Phi) is 14.6. The van der Waals surface area contributed by atoms with Crippen molar-refractivity contribution in [3.8, 4) is 62.3 Å². The van der Waals surface area contributed by atoms with Crippen molar-refractivity contribution in [3.05, 3.63) is 203 Å². The lowest BCUT2D eigenvalue weighted by Gasteiger charge is -2.28. The molecule has 0 atom stereocenters. The second-order valence-electron chi connectivity index (χ2n) is 30.5. The van der Waals surface area contributed by atoms with E-state index in [1.54, 1.807) is 0 Å². The van der Waals surface area contributed by atoms with Gasteiger partial charge in [0.1, 0.15) is 17.3 Å². The third-order valence-electron chi connectivity index (χ3n) is 16.5. The monoisotopic (exact) mass is 1100 g/mol. The van der Waals surface area contributed by atoms with Gasteiger partial charge in [0.25, 0.3) is 6.33 Å². The number of hydrogen-bond donors (Lipinski definition) is 0. The molecule has 0 aliphatic heterocycles. The number of ether oxygens (including phenoxy) is 1. The highest BCUT2D eigenvalue weighted by molar-refractivity contribution is 6.09. The Hall–Kier alpha value is -7.57. The topological polar surface area (TPSA) is 48.8 Å². The zero-order chi connectivity index (χ0) is 60.1. The van der Waals surface area contributed by atoms with Crippen LogP contribution >= 0.6 is 0 Å². The van der Waals surface area contributed by atoms with E-state index in [0.29, 0.717) is 5.75 Å². The maximum Gasteiger partial charge on any atom is 0.273 e. The number of hydrogen-bond acceptors (Lipinski definition) is 3. The fourth-order valence-corrected chi connectivity index (χ4v) is 11.0. The average molecular weight is 1100 g/mol. The number of aromatic nitrogens is 5. The van der Waals surface area contributed by atoms with E-state index in [2.05, 4.69) is 306 Å². The zero-order valence-corrected chi connectivity index (χ0v) is 53.7. The van der Waals surface area contributed by atoms with E-state index in [9.17, 15) is 0 Å². The fourth-order valence-electron chi connectivity index (χ4n) is 11.0. The summed E-state index contributed by atoms with van der Waals surface area (Å²) in [6.45, 7) is 48.3. The first-order valence-corrected chi connectivity index (χ1v) is 29.9. The van der Waals surface area contributed by atoms with Crippen LogP contribution in [0.5, 0.6) is 11.5 Å². The first-order chi connectivity index (χ1) is 38.5. The van der Waals surface area contributed by atoms with Crippen molar-refractivity contribution in [2.45, 2.75) is 183 Å². The van der Waals surface area contributed by atoms with Gasteiger partial charge in [0.2, 0.25) is 0 Å². The molecule has 0 saturated heterocycles. The van der Waals surface area contributed by atoms with Crippen LogP contribution in [-0.4, -0.2) is 19.2 Å². The molecule has 3 aromatic heterocycles. The number of benzene rings is 7. The molecule has 0 saturated carbocycles. The normalized spacial score (nSPS) is 13.1. The summed E-state index contributed by atoms with van der Waals surface area (Å²) in [5.41, 5.74) is 17.6. The summed E-state index contributed by atoms with van der Waals surface area (Å²) >= 11 is 0. The fraction of sp³-hybridized carbons (Fsp3) is 0.364. The first kappa shape index (κ1) is 58.6. The molecule has 0 bridgehead atoms. The number of para-hydroxylation sites is 1. The number of fused-ring (bicyclic) bond motifs is 3. The van der Waals surface area contributed by atoms with Crippen molar-refractivity contribution in [1.82, 2.24) is 19.2 Å². The molecule has 6 heteroatoms. The van der Waals surface area contributed by atoms with E-state index in [1.807, 2.05) is 16.9 Å². The molecular formula is C77H89N5O. The van der Waals surface area contributed by atoms with Crippen molar-refractivity contribution in [1.29, 1.82) is 0 Å². The van der Waals surface area contributed by atoms with Crippen LogP contribution in [0.25, 0.3) is 72.6 Å². The van der Waals surface area contributed by atoms with Crippen LogP contribution in [0.1, 0.15) is 184 Å². The number of rotatable bonds is 8. The second kappa shape index (κ2) is 20.6. The van der Waals surface area contributed by atoms with Crippen molar-refractivity contribution in [2.75, 3.05) is 0 Å². The van der Waals surface area contributed by atoms with Gasteiger partial charge in [0.15, 0.2) is 5.82 Å². The molecular weight excluding hydrogens is 1010 g/mol. The highest BCUT2D eigenvalue weighted by Crippen LogP contribution is 2.45. The van der Waals surface area contributed by atoms with Crippen molar-refractivity contribution in [3.63, 3.8) is 0 Å². The minimum absolute atomic E-state index is 0.0444. The molecule has 0 aliphatic rings. The molecule has 0 fully saturated rings. The summed E-state index contributed by atoms with van der Waals surface area (Å²) in [6.07, 6.45) is 5.83. The summed E-state index contributed by atoms with van der Waals surface area (Å²) in [4.78, 5) is 4.96. The van der Waals surface area contributed by atoms with Gasteiger partial charge in [0, 0.05) is 28.6 Å². The van der Waals surface area contributed by atoms with E-state index in [0.717, 1.165) is 78.4 Å². The van der Waals surface area contributed by atoms with Crippen molar-refractivity contribution in [2.24, 2.45) is 0 Å². The van der Waals surface area contributed by atoms with Crippen LogP contribution in [0, 0.1) is 6.33 Å². The van der Waals surface area contributed by atoms with Crippen LogP contribution in [0.2, 0.25) is 0 Å². The Labute approximate surface area is 496 Å². The standard InChI is InChI=1S/C77H89N5O/c1-71(2,3)51-34-35-78-68(45-51)82-66-31-23-22-28-64(66)65-33-32-61(47-67(65)82)83-60-27-24-26-58(46-60)80-48-81(59-43-56(76(16,17)18)42-57(44-59)77(19,20)21)79-70(80)69-62(49-36-52(72(4,5)6)40-53(37-49)73(7,8)9)29-25-30-63(69)50-38-54(74(10,11)12)41-55(39-50)75(13,14)15/h22-47H,1-21H3. The van der Waals surface area contributed by atoms with Gasteiger partial charge in [-0.1, -0.05) is 249 Å². The number of pyridine rings is 1. The third-order valence-corrected chi connectivity index (χ3v) is 16.5. The molecule has 7 aromatic carbocycles. The van der Waals surface area contributed by atoms with Gasteiger partial charge in [-0.15, -0.1) is 5.10 Å². The van der Waals surface area contributed by atoms with E-state index in [-0.39, 0.29) is 37.9 Å². The Balaban J connectivity index is 1.25. The molecule has 0 amide bonds. The summed E-state index contributed by atoms with van der Waals surface area (Å²) in [5, 5.41) is 8.13. The van der Waals surface area contributed by atoms with Crippen LogP contribution in [0.3, 0.4) is 0 Å². The van der Waals surface area contributed by atoms with Crippen LogP contribution in [-0.2, 0) is 37.9 Å².